The molecule has 0 radical (unpaired) electrons. The summed E-state index contributed by atoms with van der Waals surface area (Å²) in [7, 11) is 0. The van der Waals surface area contributed by atoms with Gasteiger partial charge in [0.25, 0.3) is 5.91 Å². The fourth-order valence-corrected chi connectivity index (χ4v) is 3.54. The molecular formula is C23H30ClN3O2. The van der Waals surface area contributed by atoms with Gasteiger partial charge in [0, 0.05) is 25.2 Å². The molecule has 0 aliphatic carbocycles. The number of hydrogen-bond acceptors (Lipinski definition) is 3. The maximum absolute atomic E-state index is 12.8. The van der Waals surface area contributed by atoms with E-state index < -0.39 is 6.04 Å². The molecule has 0 spiro atoms. The largest absolute Gasteiger partial charge is 0.350 e. The van der Waals surface area contributed by atoms with Gasteiger partial charge in [-0.3, -0.25) is 9.59 Å². The van der Waals surface area contributed by atoms with E-state index in [-0.39, 0.29) is 24.2 Å². The van der Waals surface area contributed by atoms with Crippen molar-refractivity contribution in [3.05, 3.63) is 70.3 Å². The molecule has 2 aromatic carbocycles. The Bertz CT molecular complexity index is 867. The van der Waals surface area contributed by atoms with Crippen LogP contribution < -0.4 is 16.0 Å². The van der Waals surface area contributed by atoms with Gasteiger partial charge in [-0.15, -0.1) is 12.4 Å². The van der Waals surface area contributed by atoms with Crippen molar-refractivity contribution >= 4 is 24.2 Å². The molecule has 1 atom stereocenters. The van der Waals surface area contributed by atoms with E-state index in [0.717, 1.165) is 24.2 Å². The summed E-state index contributed by atoms with van der Waals surface area (Å²) in [5.74, 6) is -0.0595. The number of hydrogen-bond donors (Lipinski definition) is 3. The first-order chi connectivity index (χ1) is 13.4. The predicted octanol–water partition coefficient (Wildman–Crippen LogP) is 3.48. The molecule has 1 unspecified atom stereocenters. The number of benzene rings is 2. The van der Waals surface area contributed by atoms with E-state index in [1.54, 1.807) is 6.07 Å². The van der Waals surface area contributed by atoms with Gasteiger partial charge in [-0.05, 0) is 47.6 Å². The lowest BCUT2D eigenvalue weighted by Gasteiger charge is -2.21. The Hall–Kier alpha value is -2.37. The fraction of sp³-hybridized carbons (Fsp3) is 0.391. The number of carbonyl (C=O) groups excluding carboxylic acids is 2. The first-order valence-corrected chi connectivity index (χ1v) is 9.89. The molecule has 3 N–H and O–H groups in total. The van der Waals surface area contributed by atoms with Gasteiger partial charge < -0.3 is 16.0 Å². The van der Waals surface area contributed by atoms with Crippen LogP contribution in [-0.4, -0.2) is 17.9 Å². The lowest BCUT2D eigenvalue weighted by molar-refractivity contribution is -0.123. The van der Waals surface area contributed by atoms with E-state index in [4.69, 9.17) is 0 Å². The Morgan fingerprint density at radius 1 is 1.07 bits per heavy atom. The molecule has 2 aromatic rings. The van der Waals surface area contributed by atoms with E-state index in [1.807, 2.05) is 39.0 Å². The summed E-state index contributed by atoms with van der Waals surface area (Å²) >= 11 is 0. The number of amides is 2. The van der Waals surface area contributed by atoms with Gasteiger partial charge in [0.15, 0.2) is 0 Å². The minimum absolute atomic E-state index is 0. The monoisotopic (exact) mass is 415 g/mol. The second-order valence-electron chi connectivity index (χ2n) is 7.89. The van der Waals surface area contributed by atoms with Crippen LogP contribution in [0, 0.1) is 12.8 Å². The van der Waals surface area contributed by atoms with Gasteiger partial charge in [0.05, 0.1) is 0 Å². The molecule has 0 saturated carbocycles. The summed E-state index contributed by atoms with van der Waals surface area (Å²) in [5.41, 5.74) is 5.19. The van der Waals surface area contributed by atoms with Crippen LogP contribution >= 0.6 is 12.4 Å². The molecule has 3 rings (SSSR count). The Morgan fingerprint density at radius 3 is 2.52 bits per heavy atom. The predicted molar refractivity (Wildman–Crippen MR) is 118 cm³/mol. The topological polar surface area (TPSA) is 70.2 Å². The molecule has 156 valence electrons. The van der Waals surface area contributed by atoms with Crippen molar-refractivity contribution in [2.75, 3.05) is 0 Å². The van der Waals surface area contributed by atoms with Gasteiger partial charge in [-0.1, -0.05) is 50.2 Å². The van der Waals surface area contributed by atoms with Gasteiger partial charge in [0.1, 0.15) is 6.04 Å². The molecule has 0 aromatic heterocycles. The average molecular weight is 416 g/mol. The highest BCUT2D eigenvalue weighted by molar-refractivity contribution is 5.98. The van der Waals surface area contributed by atoms with E-state index in [9.17, 15) is 9.59 Å². The minimum Gasteiger partial charge on any atom is -0.350 e. The molecule has 1 aliphatic heterocycles. The van der Waals surface area contributed by atoms with Crippen molar-refractivity contribution in [2.45, 2.75) is 52.9 Å². The number of rotatable bonds is 7. The van der Waals surface area contributed by atoms with E-state index in [0.29, 0.717) is 24.4 Å². The quantitative estimate of drug-likeness (QED) is 0.648. The van der Waals surface area contributed by atoms with Gasteiger partial charge in [-0.2, -0.15) is 0 Å². The third-order valence-corrected chi connectivity index (χ3v) is 5.09. The van der Waals surface area contributed by atoms with Gasteiger partial charge in [-0.25, -0.2) is 0 Å². The van der Waals surface area contributed by atoms with Crippen molar-refractivity contribution in [2.24, 2.45) is 5.92 Å². The summed E-state index contributed by atoms with van der Waals surface area (Å²) in [6, 6.07) is 13.2. The zero-order chi connectivity index (χ0) is 20.1. The number of aryl methyl sites for hydroxylation is 1. The second-order valence-corrected chi connectivity index (χ2v) is 7.89. The molecule has 0 fully saturated rings. The standard InChI is InChI=1S/C23H29N3O2.ClH/c1-15(2)10-21(26-22(27)20-7-5-4-6-16(20)3)23(28)25-12-17-8-9-18-13-24-14-19(18)11-17;/h4-9,11,15,21,24H,10,12-14H2,1-3H3,(H,25,28)(H,26,27);1H. The molecule has 2 amide bonds. The smallest absolute Gasteiger partial charge is 0.252 e. The summed E-state index contributed by atoms with van der Waals surface area (Å²) < 4.78 is 0. The molecule has 1 heterocycles. The van der Waals surface area contributed by atoms with Crippen molar-refractivity contribution in [3.8, 4) is 0 Å². The first-order valence-electron chi connectivity index (χ1n) is 9.89. The van der Waals surface area contributed by atoms with Crippen molar-refractivity contribution in [1.29, 1.82) is 0 Å². The first kappa shape index (κ1) is 22.9. The second kappa shape index (κ2) is 10.4. The molecule has 5 nitrogen and oxygen atoms in total. The van der Waals surface area contributed by atoms with Crippen LogP contribution in [0.25, 0.3) is 0 Å². The Kier molecular flexibility index (Phi) is 8.23. The third kappa shape index (κ3) is 6.05. The molecule has 6 heteroatoms. The van der Waals surface area contributed by atoms with Gasteiger partial charge >= 0.3 is 0 Å². The third-order valence-electron chi connectivity index (χ3n) is 5.09. The lowest BCUT2D eigenvalue weighted by Crippen LogP contribution is -2.47. The van der Waals surface area contributed by atoms with Crippen molar-refractivity contribution < 1.29 is 9.59 Å². The zero-order valence-corrected chi connectivity index (χ0v) is 18.1. The number of nitrogens with one attached hydrogen (secondary N) is 3. The Labute approximate surface area is 179 Å². The highest BCUT2D eigenvalue weighted by Gasteiger charge is 2.23. The van der Waals surface area contributed by atoms with Crippen LogP contribution in [0.1, 0.15) is 52.9 Å². The van der Waals surface area contributed by atoms with Crippen LogP contribution in [-0.2, 0) is 24.4 Å². The summed E-state index contributed by atoms with van der Waals surface area (Å²) in [6.07, 6.45) is 0.595. The minimum atomic E-state index is -0.553. The Balaban J connectivity index is 0.00000300. The summed E-state index contributed by atoms with van der Waals surface area (Å²) in [4.78, 5) is 25.5. The number of halogens is 1. The highest BCUT2D eigenvalue weighted by Crippen LogP contribution is 2.17. The van der Waals surface area contributed by atoms with Crippen LogP contribution in [0.5, 0.6) is 0 Å². The normalized spacial score (nSPS) is 13.4. The van der Waals surface area contributed by atoms with E-state index in [1.165, 1.54) is 11.1 Å². The molecule has 29 heavy (non-hydrogen) atoms. The van der Waals surface area contributed by atoms with E-state index >= 15 is 0 Å². The summed E-state index contributed by atoms with van der Waals surface area (Å²) in [6.45, 7) is 8.24. The van der Waals surface area contributed by atoms with E-state index in [2.05, 4.69) is 34.1 Å². The maximum Gasteiger partial charge on any atom is 0.252 e. The molecule has 0 bridgehead atoms. The zero-order valence-electron chi connectivity index (χ0n) is 17.2. The lowest BCUT2D eigenvalue weighted by atomic mass is 10.0. The van der Waals surface area contributed by atoms with Crippen LogP contribution in [0.2, 0.25) is 0 Å². The van der Waals surface area contributed by atoms with Gasteiger partial charge in [0.2, 0.25) is 5.91 Å². The molecular weight excluding hydrogens is 386 g/mol. The number of carbonyl (C=O) groups is 2. The fourth-order valence-electron chi connectivity index (χ4n) is 3.54. The van der Waals surface area contributed by atoms with Crippen molar-refractivity contribution in [1.82, 2.24) is 16.0 Å². The molecule has 0 saturated heterocycles. The number of fused-ring (bicyclic) bond motifs is 1. The summed E-state index contributed by atoms with van der Waals surface area (Å²) in [5, 5.41) is 9.24. The SMILES string of the molecule is Cc1ccccc1C(=O)NC(CC(C)C)C(=O)NCc1ccc2c(c1)CNC2.Cl. The average Bonchev–Trinajstić information content (AvgIpc) is 3.13. The molecule has 1 aliphatic rings. The van der Waals surface area contributed by atoms with Crippen LogP contribution in [0.3, 0.4) is 0 Å². The maximum atomic E-state index is 12.8. The Morgan fingerprint density at radius 2 is 1.79 bits per heavy atom. The van der Waals surface area contributed by atoms with Crippen LogP contribution in [0.15, 0.2) is 42.5 Å². The van der Waals surface area contributed by atoms with Crippen LogP contribution in [0.4, 0.5) is 0 Å². The highest BCUT2D eigenvalue weighted by atomic mass is 35.5. The van der Waals surface area contributed by atoms with Crippen molar-refractivity contribution in [3.63, 3.8) is 0 Å².